The third-order valence-electron chi connectivity index (χ3n) is 4.02. The van der Waals surface area contributed by atoms with Crippen LogP contribution in [0.4, 0.5) is 14.9 Å². The molecule has 7 heteroatoms. The third kappa shape index (κ3) is 4.05. The maximum absolute atomic E-state index is 13.4. The van der Waals surface area contributed by atoms with E-state index in [1.165, 1.54) is 12.1 Å². The zero-order valence-electron chi connectivity index (χ0n) is 14.6. The Bertz CT molecular complexity index is 901. The summed E-state index contributed by atoms with van der Waals surface area (Å²) in [4.78, 5) is 15.2. The first kappa shape index (κ1) is 17.6. The highest BCUT2D eigenvalue weighted by Crippen LogP contribution is 2.25. The van der Waals surface area contributed by atoms with Gasteiger partial charge in [-0.25, -0.2) is 9.18 Å². The van der Waals surface area contributed by atoms with Crippen molar-refractivity contribution in [3.63, 3.8) is 0 Å². The Labute approximate surface area is 150 Å². The van der Waals surface area contributed by atoms with Crippen molar-refractivity contribution in [2.45, 2.75) is 6.42 Å². The number of anilines is 1. The lowest BCUT2D eigenvalue weighted by molar-refractivity contribution is 0.252. The van der Waals surface area contributed by atoms with Crippen molar-refractivity contribution in [1.29, 1.82) is 0 Å². The van der Waals surface area contributed by atoms with Crippen molar-refractivity contribution in [1.82, 2.24) is 10.3 Å². The number of fused-ring (bicyclic) bond motifs is 1. The second kappa shape index (κ2) is 7.77. The monoisotopic (exact) mass is 357 g/mol. The number of rotatable bonds is 6. The molecule has 2 aromatic carbocycles. The lowest BCUT2D eigenvalue weighted by Gasteiger charge is -2.10. The molecule has 3 N–H and O–H groups in total. The number of amides is 2. The summed E-state index contributed by atoms with van der Waals surface area (Å²) in [6, 6.07) is 9.38. The molecule has 136 valence electrons. The Hall–Kier alpha value is -3.22. The summed E-state index contributed by atoms with van der Waals surface area (Å²) in [5, 5.41) is 6.35. The first-order chi connectivity index (χ1) is 12.6. The molecule has 0 unspecified atom stereocenters. The van der Waals surface area contributed by atoms with E-state index in [2.05, 4.69) is 15.6 Å². The first-order valence-electron chi connectivity index (χ1n) is 8.12. The van der Waals surface area contributed by atoms with Crippen LogP contribution in [-0.2, 0) is 6.42 Å². The van der Waals surface area contributed by atoms with Crippen LogP contribution in [0, 0.1) is 5.82 Å². The van der Waals surface area contributed by atoms with Gasteiger partial charge in [0.25, 0.3) is 0 Å². The van der Waals surface area contributed by atoms with Gasteiger partial charge in [0.1, 0.15) is 17.3 Å². The molecule has 0 fully saturated rings. The molecule has 0 aliphatic rings. The normalized spacial score (nSPS) is 10.6. The molecule has 2 amide bonds. The number of methoxy groups -OCH3 is 2. The van der Waals surface area contributed by atoms with Crippen LogP contribution in [0.5, 0.6) is 11.5 Å². The van der Waals surface area contributed by atoms with E-state index in [0.29, 0.717) is 30.2 Å². The van der Waals surface area contributed by atoms with E-state index in [0.717, 1.165) is 16.5 Å². The number of aromatic nitrogens is 1. The summed E-state index contributed by atoms with van der Waals surface area (Å²) in [5.74, 6) is 0.886. The zero-order chi connectivity index (χ0) is 18.5. The van der Waals surface area contributed by atoms with E-state index in [1.54, 1.807) is 38.5 Å². The van der Waals surface area contributed by atoms with E-state index in [-0.39, 0.29) is 11.8 Å². The SMILES string of the molecule is COc1cc(NC(=O)NCCc2c[nH]c3ccc(F)cc23)cc(OC)c1. The number of carbonyl (C=O) groups excluding carboxylic acids is 1. The topological polar surface area (TPSA) is 75.4 Å². The lowest BCUT2D eigenvalue weighted by atomic mass is 10.1. The molecular weight excluding hydrogens is 337 g/mol. The van der Waals surface area contributed by atoms with Gasteiger partial charge < -0.3 is 25.1 Å². The van der Waals surface area contributed by atoms with Gasteiger partial charge in [0.05, 0.1) is 14.2 Å². The van der Waals surface area contributed by atoms with Crippen LogP contribution in [0.25, 0.3) is 10.9 Å². The minimum atomic E-state index is -0.341. The van der Waals surface area contributed by atoms with Crippen LogP contribution in [0.3, 0.4) is 0 Å². The summed E-state index contributed by atoms with van der Waals surface area (Å²) in [6.07, 6.45) is 2.41. The van der Waals surface area contributed by atoms with Gasteiger partial charge in [-0.3, -0.25) is 0 Å². The number of carbonyl (C=O) groups is 1. The fourth-order valence-electron chi connectivity index (χ4n) is 2.72. The molecule has 0 bridgehead atoms. The molecule has 0 saturated carbocycles. The average Bonchev–Trinajstić information content (AvgIpc) is 3.03. The van der Waals surface area contributed by atoms with E-state index in [1.807, 2.05) is 6.20 Å². The van der Waals surface area contributed by atoms with Crippen molar-refractivity contribution >= 4 is 22.6 Å². The molecule has 6 nitrogen and oxygen atoms in total. The number of urea groups is 1. The molecule has 1 aromatic heterocycles. The van der Waals surface area contributed by atoms with E-state index in [4.69, 9.17) is 9.47 Å². The lowest BCUT2D eigenvalue weighted by Crippen LogP contribution is -2.30. The number of H-pyrrole nitrogens is 1. The quantitative estimate of drug-likeness (QED) is 0.630. The third-order valence-corrected chi connectivity index (χ3v) is 4.02. The predicted molar refractivity (Wildman–Crippen MR) is 98.5 cm³/mol. The maximum atomic E-state index is 13.4. The Morgan fingerprint density at radius 2 is 1.85 bits per heavy atom. The van der Waals surface area contributed by atoms with Crippen LogP contribution in [0.15, 0.2) is 42.6 Å². The van der Waals surface area contributed by atoms with Crippen LogP contribution in [0.1, 0.15) is 5.56 Å². The van der Waals surface area contributed by atoms with Gasteiger partial charge in [-0.05, 0) is 30.2 Å². The van der Waals surface area contributed by atoms with Gasteiger partial charge in [-0.1, -0.05) is 0 Å². The molecule has 0 atom stereocenters. The summed E-state index contributed by atoms with van der Waals surface area (Å²) in [7, 11) is 3.09. The number of nitrogens with one attached hydrogen (secondary N) is 3. The van der Waals surface area contributed by atoms with Crippen molar-refractivity contribution in [2.75, 3.05) is 26.1 Å². The fourth-order valence-corrected chi connectivity index (χ4v) is 2.72. The highest BCUT2D eigenvalue weighted by Gasteiger charge is 2.08. The Morgan fingerprint density at radius 1 is 1.12 bits per heavy atom. The van der Waals surface area contributed by atoms with Crippen molar-refractivity contribution in [2.24, 2.45) is 0 Å². The number of ether oxygens (including phenoxy) is 2. The van der Waals surface area contributed by atoms with Gasteiger partial charge in [-0.2, -0.15) is 0 Å². The number of aromatic amines is 1. The second-order valence-electron chi connectivity index (χ2n) is 5.74. The predicted octanol–water partition coefficient (Wildman–Crippen LogP) is 3.69. The largest absolute Gasteiger partial charge is 0.497 e. The minimum absolute atomic E-state index is 0.281. The highest BCUT2D eigenvalue weighted by molar-refractivity contribution is 5.90. The molecule has 3 rings (SSSR count). The summed E-state index contributed by atoms with van der Waals surface area (Å²) in [6.45, 7) is 0.413. The van der Waals surface area contributed by atoms with Gasteiger partial charge in [-0.15, -0.1) is 0 Å². The first-order valence-corrected chi connectivity index (χ1v) is 8.12. The van der Waals surface area contributed by atoms with Crippen molar-refractivity contribution in [3.8, 4) is 11.5 Å². The summed E-state index contributed by atoms with van der Waals surface area (Å²) >= 11 is 0. The number of hydrogen-bond acceptors (Lipinski definition) is 3. The highest BCUT2D eigenvalue weighted by atomic mass is 19.1. The smallest absolute Gasteiger partial charge is 0.319 e. The minimum Gasteiger partial charge on any atom is -0.497 e. The van der Waals surface area contributed by atoms with Crippen LogP contribution < -0.4 is 20.1 Å². The standard InChI is InChI=1S/C19H20FN3O3/c1-25-15-8-14(9-16(10-15)26-2)23-19(24)21-6-5-12-11-22-18-4-3-13(20)7-17(12)18/h3-4,7-11,22H,5-6H2,1-2H3,(H2,21,23,24). The summed E-state index contributed by atoms with van der Waals surface area (Å²) < 4.78 is 23.7. The second-order valence-corrected chi connectivity index (χ2v) is 5.74. The van der Waals surface area contributed by atoms with E-state index in [9.17, 15) is 9.18 Å². The average molecular weight is 357 g/mol. The number of benzene rings is 2. The zero-order valence-corrected chi connectivity index (χ0v) is 14.6. The number of halogens is 1. The van der Waals surface area contributed by atoms with Crippen LogP contribution in [-0.4, -0.2) is 31.8 Å². The summed E-state index contributed by atoms with van der Waals surface area (Å²) in [5.41, 5.74) is 2.38. The number of hydrogen-bond donors (Lipinski definition) is 3. The molecule has 0 spiro atoms. The molecule has 3 aromatic rings. The van der Waals surface area contributed by atoms with Crippen LogP contribution >= 0.6 is 0 Å². The molecule has 0 saturated heterocycles. The maximum Gasteiger partial charge on any atom is 0.319 e. The molecular formula is C19H20FN3O3. The molecule has 1 heterocycles. The van der Waals surface area contributed by atoms with Gasteiger partial charge in [0.15, 0.2) is 0 Å². The van der Waals surface area contributed by atoms with Gasteiger partial charge in [0, 0.05) is 47.5 Å². The van der Waals surface area contributed by atoms with Gasteiger partial charge in [0.2, 0.25) is 0 Å². The van der Waals surface area contributed by atoms with E-state index < -0.39 is 0 Å². The van der Waals surface area contributed by atoms with Gasteiger partial charge >= 0.3 is 6.03 Å². The Balaban J connectivity index is 1.58. The van der Waals surface area contributed by atoms with Crippen molar-refractivity contribution < 1.29 is 18.7 Å². The van der Waals surface area contributed by atoms with E-state index >= 15 is 0 Å². The molecule has 0 radical (unpaired) electrons. The molecule has 0 aliphatic heterocycles. The molecule has 0 aliphatic carbocycles. The van der Waals surface area contributed by atoms with Crippen molar-refractivity contribution in [3.05, 3.63) is 54.0 Å². The molecule has 26 heavy (non-hydrogen) atoms. The Morgan fingerprint density at radius 3 is 2.54 bits per heavy atom. The van der Waals surface area contributed by atoms with Crippen LogP contribution in [0.2, 0.25) is 0 Å². The Kier molecular flexibility index (Phi) is 5.26. The fraction of sp³-hybridized carbons (Fsp3) is 0.211.